The lowest BCUT2D eigenvalue weighted by molar-refractivity contribution is 0.0950. The zero-order valence-corrected chi connectivity index (χ0v) is 14.6. The average Bonchev–Trinajstić information content (AvgIpc) is 3.11. The summed E-state index contributed by atoms with van der Waals surface area (Å²) in [6.45, 7) is 0.514. The lowest BCUT2D eigenvalue weighted by Gasteiger charge is -2.06. The Hall–Kier alpha value is -2.32. The van der Waals surface area contributed by atoms with Crippen molar-refractivity contribution in [2.75, 3.05) is 12.8 Å². The largest absolute Gasteiger partial charge is 0.352 e. The molecule has 1 amide bonds. The van der Waals surface area contributed by atoms with Gasteiger partial charge < -0.3 is 5.32 Å². The number of nitrogens with one attached hydrogen (secondary N) is 1. The van der Waals surface area contributed by atoms with Gasteiger partial charge in [0.1, 0.15) is 5.03 Å². The van der Waals surface area contributed by atoms with Crippen LogP contribution >= 0.6 is 23.1 Å². The summed E-state index contributed by atoms with van der Waals surface area (Å²) in [6.07, 6.45) is 7.64. The fourth-order valence-electron chi connectivity index (χ4n) is 2.06. The maximum atomic E-state index is 12.2. The number of thioether (sulfide) groups is 1. The van der Waals surface area contributed by atoms with Gasteiger partial charge in [0, 0.05) is 36.9 Å². The van der Waals surface area contributed by atoms with Gasteiger partial charge in [-0.15, -0.1) is 23.1 Å². The highest BCUT2D eigenvalue weighted by Gasteiger charge is 2.11. The predicted molar refractivity (Wildman–Crippen MR) is 95.2 cm³/mol. The molecule has 8 heteroatoms. The van der Waals surface area contributed by atoms with Crippen LogP contribution in [0.4, 0.5) is 0 Å². The van der Waals surface area contributed by atoms with Gasteiger partial charge >= 0.3 is 0 Å². The number of nitrogens with zero attached hydrogens (tertiary/aromatic N) is 4. The second kappa shape index (κ2) is 7.98. The van der Waals surface area contributed by atoms with E-state index in [1.807, 2.05) is 11.6 Å². The van der Waals surface area contributed by atoms with Crippen LogP contribution in [0.2, 0.25) is 0 Å². The third-order valence-corrected chi connectivity index (χ3v) is 4.78. The molecule has 0 aliphatic carbocycles. The molecular formula is C16H15N5OS2. The lowest BCUT2D eigenvalue weighted by atomic mass is 10.2. The zero-order chi connectivity index (χ0) is 16.8. The minimum absolute atomic E-state index is 0.116. The Kier molecular flexibility index (Phi) is 5.50. The minimum atomic E-state index is -0.116. The molecule has 0 spiro atoms. The molecule has 0 radical (unpaired) electrons. The van der Waals surface area contributed by atoms with E-state index in [2.05, 4.69) is 25.3 Å². The van der Waals surface area contributed by atoms with E-state index in [1.54, 1.807) is 36.8 Å². The molecule has 122 valence electrons. The normalized spacial score (nSPS) is 10.5. The van der Waals surface area contributed by atoms with Gasteiger partial charge in [0.25, 0.3) is 5.91 Å². The fraction of sp³-hybridized carbons (Fsp3) is 0.188. The Morgan fingerprint density at radius 1 is 1.21 bits per heavy atom. The maximum Gasteiger partial charge on any atom is 0.254 e. The van der Waals surface area contributed by atoms with E-state index in [-0.39, 0.29) is 5.91 Å². The van der Waals surface area contributed by atoms with Crippen LogP contribution in [-0.4, -0.2) is 38.6 Å². The van der Waals surface area contributed by atoms with E-state index in [4.69, 9.17) is 0 Å². The summed E-state index contributed by atoms with van der Waals surface area (Å²) in [6, 6.07) is 5.32. The van der Waals surface area contributed by atoms with Crippen molar-refractivity contribution < 1.29 is 4.79 Å². The molecule has 0 saturated carbocycles. The molecule has 0 atom stereocenters. The van der Waals surface area contributed by atoms with Crippen LogP contribution in [0.25, 0.3) is 10.8 Å². The number of carbonyl (C=O) groups excluding carboxylic acids is 1. The third kappa shape index (κ3) is 3.95. The van der Waals surface area contributed by atoms with Crippen molar-refractivity contribution in [3.05, 3.63) is 53.4 Å². The van der Waals surface area contributed by atoms with Crippen LogP contribution in [-0.2, 0) is 6.42 Å². The summed E-state index contributed by atoms with van der Waals surface area (Å²) in [5.41, 5.74) is 1.51. The molecule has 0 fully saturated rings. The highest BCUT2D eigenvalue weighted by molar-refractivity contribution is 7.98. The van der Waals surface area contributed by atoms with Crippen molar-refractivity contribution in [1.29, 1.82) is 0 Å². The van der Waals surface area contributed by atoms with Gasteiger partial charge in [0.2, 0.25) is 0 Å². The number of carbonyl (C=O) groups is 1. The van der Waals surface area contributed by atoms with E-state index < -0.39 is 0 Å². The fourth-order valence-corrected chi connectivity index (χ4v) is 3.41. The average molecular weight is 357 g/mol. The summed E-state index contributed by atoms with van der Waals surface area (Å²) in [7, 11) is 0. The second-order valence-corrected chi connectivity index (χ2v) is 6.44. The Bertz CT molecular complexity index is 822. The second-order valence-electron chi connectivity index (χ2n) is 4.78. The number of hydrogen-bond acceptors (Lipinski definition) is 7. The van der Waals surface area contributed by atoms with Crippen molar-refractivity contribution in [3.63, 3.8) is 0 Å². The summed E-state index contributed by atoms with van der Waals surface area (Å²) in [5.74, 6) is 0.507. The van der Waals surface area contributed by atoms with Crippen LogP contribution in [0.1, 0.15) is 16.1 Å². The van der Waals surface area contributed by atoms with Gasteiger partial charge in [0.05, 0.1) is 11.3 Å². The standard InChI is InChI=1S/C16H15N5OS2/c1-23-15-12(4-2-6-20-15)14(22)19-9-5-11-10-24-16(21-11)13-17-7-3-8-18-13/h2-4,6-8,10H,5,9H2,1H3,(H,19,22). The van der Waals surface area contributed by atoms with E-state index >= 15 is 0 Å². The quantitative estimate of drug-likeness (QED) is 0.683. The molecule has 0 unspecified atom stereocenters. The molecule has 6 nitrogen and oxygen atoms in total. The number of hydrogen-bond donors (Lipinski definition) is 1. The maximum absolute atomic E-state index is 12.2. The van der Waals surface area contributed by atoms with Gasteiger partial charge in [-0.2, -0.15) is 0 Å². The van der Waals surface area contributed by atoms with E-state index in [0.29, 0.717) is 24.4 Å². The van der Waals surface area contributed by atoms with Crippen molar-refractivity contribution >= 4 is 29.0 Å². The van der Waals surface area contributed by atoms with Crippen LogP contribution < -0.4 is 5.32 Å². The minimum Gasteiger partial charge on any atom is -0.352 e. The van der Waals surface area contributed by atoms with Crippen LogP contribution in [0, 0.1) is 0 Å². The summed E-state index contributed by atoms with van der Waals surface area (Å²) in [5, 5.41) is 6.39. The molecule has 3 heterocycles. The molecule has 24 heavy (non-hydrogen) atoms. The summed E-state index contributed by atoms with van der Waals surface area (Å²) < 4.78 is 0. The Morgan fingerprint density at radius 3 is 2.79 bits per heavy atom. The Morgan fingerprint density at radius 2 is 2.00 bits per heavy atom. The van der Waals surface area contributed by atoms with Crippen LogP contribution in [0.5, 0.6) is 0 Å². The molecule has 0 aliphatic heterocycles. The SMILES string of the molecule is CSc1ncccc1C(=O)NCCc1csc(-c2ncccn2)n1. The lowest BCUT2D eigenvalue weighted by Crippen LogP contribution is -2.26. The molecule has 3 aromatic rings. The zero-order valence-electron chi connectivity index (χ0n) is 13.0. The topological polar surface area (TPSA) is 80.7 Å². The number of thiazole rings is 1. The first-order valence-electron chi connectivity index (χ1n) is 7.27. The van der Waals surface area contributed by atoms with E-state index in [9.17, 15) is 4.79 Å². The van der Waals surface area contributed by atoms with E-state index in [0.717, 1.165) is 15.7 Å². The van der Waals surface area contributed by atoms with Crippen LogP contribution in [0.15, 0.2) is 47.2 Å². The Balaban J connectivity index is 1.57. The molecule has 0 aromatic carbocycles. The van der Waals surface area contributed by atoms with Gasteiger partial charge in [-0.25, -0.2) is 19.9 Å². The summed E-state index contributed by atoms with van der Waals surface area (Å²) >= 11 is 2.96. The van der Waals surface area contributed by atoms with Gasteiger partial charge in [-0.1, -0.05) is 0 Å². The summed E-state index contributed by atoms with van der Waals surface area (Å²) in [4.78, 5) is 29.3. The van der Waals surface area contributed by atoms with Gasteiger partial charge in [0.15, 0.2) is 10.8 Å². The number of amides is 1. The number of rotatable bonds is 6. The number of aromatic nitrogens is 4. The van der Waals surface area contributed by atoms with Gasteiger partial charge in [-0.05, 0) is 24.5 Å². The molecule has 3 rings (SSSR count). The first-order valence-corrected chi connectivity index (χ1v) is 9.37. The first kappa shape index (κ1) is 16.5. The van der Waals surface area contributed by atoms with Crippen molar-refractivity contribution in [2.24, 2.45) is 0 Å². The van der Waals surface area contributed by atoms with E-state index in [1.165, 1.54) is 23.1 Å². The molecular weight excluding hydrogens is 342 g/mol. The monoisotopic (exact) mass is 357 g/mol. The van der Waals surface area contributed by atoms with Crippen molar-refractivity contribution in [2.45, 2.75) is 11.4 Å². The first-order chi connectivity index (χ1) is 11.8. The highest BCUT2D eigenvalue weighted by atomic mass is 32.2. The number of pyridine rings is 1. The Labute approximate surface area is 147 Å². The molecule has 0 bridgehead atoms. The molecule has 3 aromatic heterocycles. The smallest absolute Gasteiger partial charge is 0.254 e. The predicted octanol–water partition coefficient (Wildman–Crippen LogP) is 2.69. The van der Waals surface area contributed by atoms with Crippen LogP contribution in [0.3, 0.4) is 0 Å². The molecule has 0 aliphatic rings. The third-order valence-electron chi connectivity index (χ3n) is 3.18. The van der Waals surface area contributed by atoms with Gasteiger partial charge in [-0.3, -0.25) is 4.79 Å². The van der Waals surface area contributed by atoms with Crippen molar-refractivity contribution in [3.8, 4) is 10.8 Å². The molecule has 0 saturated heterocycles. The molecule has 1 N–H and O–H groups in total. The highest BCUT2D eigenvalue weighted by Crippen LogP contribution is 2.20. The van der Waals surface area contributed by atoms with Crippen molar-refractivity contribution in [1.82, 2.24) is 25.3 Å².